The van der Waals surface area contributed by atoms with Crippen molar-refractivity contribution in [3.63, 3.8) is 0 Å². The summed E-state index contributed by atoms with van der Waals surface area (Å²) in [5.41, 5.74) is 5.23. The standard InChI is InChI=1S/C29H33F3N2O2/c1-18-14-23(27-19(2)34(4)36-20(27)3)16-33-28(18)25(22-8-9-26(30)24(15-22)17-35)7-5-6-21-10-12-29(31,32)13-11-21/h7-9,14-17,19,21H,5-6,10-13H2,1-4H3/b25-7-. The van der Waals surface area contributed by atoms with Crippen LogP contribution in [0.5, 0.6) is 0 Å². The first-order chi connectivity index (χ1) is 17.1. The van der Waals surface area contributed by atoms with Crippen molar-refractivity contribution in [2.24, 2.45) is 5.92 Å². The third-order valence-corrected chi connectivity index (χ3v) is 7.46. The zero-order valence-corrected chi connectivity index (χ0v) is 21.3. The number of aryl methyl sites for hydroxylation is 1. The second kappa shape index (κ2) is 10.6. The van der Waals surface area contributed by atoms with E-state index >= 15 is 0 Å². The van der Waals surface area contributed by atoms with Crippen molar-refractivity contribution in [1.82, 2.24) is 10.0 Å². The second-order valence-corrected chi connectivity index (χ2v) is 10.0. The molecule has 1 atom stereocenters. The van der Waals surface area contributed by atoms with Gasteiger partial charge in [-0.1, -0.05) is 12.1 Å². The van der Waals surface area contributed by atoms with Crippen LogP contribution in [0.1, 0.15) is 85.1 Å². The van der Waals surface area contributed by atoms with Gasteiger partial charge in [-0.25, -0.2) is 13.2 Å². The summed E-state index contributed by atoms with van der Waals surface area (Å²) in [6, 6.07) is 6.64. The number of carbonyl (C=O) groups is 1. The number of aldehydes is 1. The van der Waals surface area contributed by atoms with E-state index in [1.54, 1.807) is 17.2 Å². The molecule has 0 spiro atoms. The fourth-order valence-corrected chi connectivity index (χ4v) is 5.27. The van der Waals surface area contributed by atoms with E-state index in [-0.39, 0.29) is 30.4 Å². The molecule has 1 saturated carbocycles. The number of hydrogen-bond donors (Lipinski definition) is 0. The molecule has 0 bridgehead atoms. The molecule has 7 heteroatoms. The molecule has 4 nitrogen and oxygen atoms in total. The van der Waals surface area contributed by atoms with Crippen molar-refractivity contribution in [3.05, 3.63) is 76.1 Å². The number of pyridine rings is 1. The largest absolute Gasteiger partial charge is 0.410 e. The summed E-state index contributed by atoms with van der Waals surface area (Å²) in [5.74, 6) is -2.02. The zero-order valence-electron chi connectivity index (χ0n) is 21.3. The van der Waals surface area contributed by atoms with Crippen LogP contribution in [-0.2, 0) is 4.84 Å². The molecule has 1 aliphatic carbocycles. The predicted octanol–water partition coefficient (Wildman–Crippen LogP) is 7.38. The molecule has 1 aromatic carbocycles. The topological polar surface area (TPSA) is 42.4 Å². The predicted molar refractivity (Wildman–Crippen MR) is 135 cm³/mol. The summed E-state index contributed by atoms with van der Waals surface area (Å²) in [4.78, 5) is 21.9. The average molecular weight is 499 g/mol. The van der Waals surface area contributed by atoms with Gasteiger partial charge in [-0.15, -0.1) is 5.06 Å². The molecule has 2 aliphatic rings. The fraction of sp³-hybridized carbons (Fsp3) is 0.448. The number of allylic oxidation sites excluding steroid dienone is 2. The molecular weight excluding hydrogens is 465 g/mol. The number of halogens is 3. The van der Waals surface area contributed by atoms with Crippen LogP contribution in [-0.4, -0.2) is 35.3 Å². The first-order valence-corrected chi connectivity index (χ1v) is 12.5. The lowest BCUT2D eigenvalue weighted by molar-refractivity contribution is -0.0883. The van der Waals surface area contributed by atoms with Crippen LogP contribution in [0.3, 0.4) is 0 Å². The highest BCUT2D eigenvalue weighted by molar-refractivity contribution is 5.84. The first kappa shape index (κ1) is 26.1. The summed E-state index contributed by atoms with van der Waals surface area (Å²) in [7, 11) is 1.89. The van der Waals surface area contributed by atoms with Gasteiger partial charge >= 0.3 is 0 Å². The van der Waals surface area contributed by atoms with E-state index in [0.717, 1.165) is 40.1 Å². The lowest BCUT2D eigenvalue weighted by atomic mass is 9.83. The number of carbonyl (C=O) groups excluding carboxylic acids is 1. The smallest absolute Gasteiger partial charge is 0.248 e. The van der Waals surface area contributed by atoms with E-state index in [9.17, 15) is 18.0 Å². The normalized spacial score (nSPS) is 21.1. The maximum Gasteiger partial charge on any atom is 0.248 e. The Kier molecular flexibility index (Phi) is 7.69. The Bertz CT molecular complexity index is 1200. The summed E-state index contributed by atoms with van der Waals surface area (Å²) < 4.78 is 41.1. The van der Waals surface area contributed by atoms with Crippen LogP contribution >= 0.6 is 0 Å². The maximum atomic E-state index is 14.1. The van der Waals surface area contributed by atoms with E-state index in [2.05, 4.69) is 13.0 Å². The van der Waals surface area contributed by atoms with Crippen LogP contribution in [0.4, 0.5) is 13.2 Å². The van der Waals surface area contributed by atoms with Gasteiger partial charge in [-0.3, -0.25) is 9.78 Å². The summed E-state index contributed by atoms with van der Waals surface area (Å²) >= 11 is 0. The van der Waals surface area contributed by atoms with Crippen LogP contribution in [0.15, 0.2) is 42.3 Å². The minimum Gasteiger partial charge on any atom is -0.410 e. The molecule has 4 rings (SSSR count). The van der Waals surface area contributed by atoms with Crippen molar-refractivity contribution < 1.29 is 22.8 Å². The Hall–Kier alpha value is -2.93. The minimum atomic E-state index is -2.54. The van der Waals surface area contributed by atoms with E-state index in [1.165, 1.54) is 6.07 Å². The number of aromatic nitrogens is 1. The Labute approximate surface area is 210 Å². The SMILES string of the molecule is CC1=C(c2cnc(/C(=C\CCC3CCC(F)(F)CC3)c3ccc(F)c(C=O)c3)c(C)c2)C(C)N(C)O1. The number of alkyl halides is 2. The van der Waals surface area contributed by atoms with Crippen molar-refractivity contribution >= 4 is 17.4 Å². The minimum absolute atomic E-state index is 0.0112. The monoisotopic (exact) mass is 498 g/mol. The lowest BCUT2D eigenvalue weighted by Gasteiger charge is -2.28. The molecule has 192 valence electrons. The number of hydrogen-bond acceptors (Lipinski definition) is 4. The molecule has 0 N–H and O–H groups in total. The maximum absolute atomic E-state index is 14.1. The highest BCUT2D eigenvalue weighted by Crippen LogP contribution is 2.39. The summed E-state index contributed by atoms with van der Waals surface area (Å²) in [5, 5.41) is 1.81. The molecule has 0 saturated heterocycles. The van der Waals surface area contributed by atoms with E-state index < -0.39 is 11.7 Å². The molecule has 1 fully saturated rings. The molecule has 36 heavy (non-hydrogen) atoms. The van der Waals surface area contributed by atoms with Crippen molar-refractivity contribution in [3.8, 4) is 0 Å². The average Bonchev–Trinajstić information content (AvgIpc) is 3.09. The Balaban J connectivity index is 1.65. The number of benzene rings is 1. The molecule has 2 heterocycles. The van der Waals surface area contributed by atoms with Gasteiger partial charge in [-0.05, 0) is 81.7 Å². The molecule has 0 amide bonds. The van der Waals surface area contributed by atoms with Gasteiger partial charge in [0.05, 0.1) is 17.3 Å². The van der Waals surface area contributed by atoms with Crippen molar-refractivity contribution in [2.75, 3.05) is 7.05 Å². The number of nitrogens with zero attached hydrogens (tertiary/aromatic N) is 2. The van der Waals surface area contributed by atoms with Gasteiger partial charge in [0.15, 0.2) is 6.29 Å². The van der Waals surface area contributed by atoms with Crippen molar-refractivity contribution in [2.45, 2.75) is 71.3 Å². The van der Waals surface area contributed by atoms with E-state index in [1.807, 2.05) is 33.2 Å². The van der Waals surface area contributed by atoms with Crippen LogP contribution < -0.4 is 0 Å². The number of hydroxylamine groups is 2. The molecule has 1 unspecified atom stereocenters. The number of likely N-dealkylation sites (N-methyl/N-ethyl adjacent to an activating group) is 1. The van der Waals surface area contributed by atoms with Crippen LogP contribution in [0.25, 0.3) is 11.1 Å². The van der Waals surface area contributed by atoms with E-state index in [0.29, 0.717) is 31.1 Å². The molecular formula is C29H33F3N2O2. The Morgan fingerprint density at radius 1 is 1.22 bits per heavy atom. The molecule has 2 aromatic rings. The second-order valence-electron chi connectivity index (χ2n) is 10.0. The third kappa shape index (κ3) is 5.56. The highest BCUT2D eigenvalue weighted by Gasteiger charge is 2.34. The molecule has 1 aliphatic heterocycles. The van der Waals surface area contributed by atoms with Crippen molar-refractivity contribution in [1.29, 1.82) is 0 Å². The van der Waals surface area contributed by atoms with Gasteiger partial charge in [0.25, 0.3) is 0 Å². The van der Waals surface area contributed by atoms with Gasteiger partial charge in [0, 0.05) is 42.8 Å². The van der Waals surface area contributed by atoms with Gasteiger partial charge in [0.2, 0.25) is 5.92 Å². The highest BCUT2D eigenvalue weighted by atomic mass is 19.3. The quantitative estimate of drug-likeness (QED) is 0.374. The Morgan fingerprint density at radius 2 is 1.94 bits per heavy atom. The zero-order chi connectivity index (χ0) is 26.0. The van der Waals surface area contributed by atoms with Crippen LogP contribution in [0, 0.1) is 18.7 Å². The molecule has 1 aromatic heterocycles. The third-order valence-electron chi connectivity index (χ3n) is 7.46. The number of rotatable bonds is 7. The summed E-state index contributed by atoms with van der Waals surface area (Å²) in [6.45, 7) is 5.98. The molecule has 0 radical (unpaired) electrons. The van der Waals surface area contributed by atoms with Gasteiger partial charge in [0.1, 0.15) is 11.6 Å². The lowest BCUT2D eigenvalue weighted by Crippen LogP contribution is -2.24. The fourth-order valence-electron chi connectivity index (χ4n) is 5.27. The van der Waals surface area contributed by atoms with E-state index in [4.69, 9.17) is 9.82 Å². The Morgan fingerprint density at radius 3 is 2.56 bits per heavy atom. The van der Waals surface area contributed by atoms with Gasteiger partial charge < -0.3 is 4.84 Å². The van der Waals surface area contributed by atoms with Crippen LogP contribution in [0.2, 0.25) is 0 Å². The summed E-state index contributed by atoms with van der Waals surface area (Å²) in [6.07, 6.45) is 6.80. The van der Waals surface area contributed by atoms with Gasteiger partial charge in [-0.2, -0.15) is 0 Å². The first-order valence-electron chi connectivity index (χ1n) is 12.5.